The third-order valence-electron chi connectivity index (χ3n) is 3.87. The molecule has 0 aromatic heterocycles. The molecule has 1 aromatic carbocycles. The number of nitrogens with one attached hydrogen (secondary N) is 3. The van der Waals surface area contributed by atoms with E-state index in [0.717, 1.165) is 12.1 Å². The number of anilines is 2. The van der Waals surface area contributed by atoms with Crippen LogP contribution in [0.25, 0.3) is 0 Å². The molecule has 2 amide bonds. The number of amides is 2. The first-order valence-electron chi connectivity index (χ1n) is 7.84. The second-order valence-electron chi connectivity index (χ2n) is 6.31. The second kappa shape index (κ2) is 8.08. The highest BCUT2D eigenvalue weighted by Crippen LogP contribution is 2.36. The molecular weight excluding hydrogens is 349 g/mol. The highest BCUT2D eigenvalue weighted by molar-refractivity contribution is 5.89. The normalized spacial score (nSPS) is 13.5. The van der Waals surface area contributed by atoms with Gasteiger partial charge in [0.25, 0.3) is 0 Å². The second-order valence-corrected chi connectivity index (χ2v) is 6.31. The SMILES string of the molecule is CC(=O)Nc1ccc(NCC(=O)NC(C)(C#N)C(C)C)c(C(F)(F)F)c1. The molecule has 0 saturated carbocycles. The number of carbonyl (C=O) groups is 2. The Hall–Kier alpha value is -2.76. The molecule has 0 aliphatic carbocycles. The molecule has 1 atom stereocenters. The Kier molecular flexibility index (Phi) is 6.61. The van der Waals surface area contributed by atoms with Crippen LogP contribution in [0.1, 0.15) is 33.3 Å². The molecule has 1 aromatic rings. The fraction of sp³-hybridized carbons (Fsp3) is 0.471. The van der Waals surface area contributed by atoms with E-state index < -0.39 is 35.6 Å². The fourth-order valence-electron chi connectivity index (χ4n) is 2.02. The summed E-state index contributed by atoms with van der Waals surface area (Å²) in [5.74, 6) is -1.29. The van der Waals surface area contributed by atoms with Crippen LogP contribution in [0.4, 0.5) is 24.5 Å². The molecular formula is C17H21F3N4O2. The van der Waals surface area contributed by atoms with Gasteiger partial charge in [-0.25, -0.2) is 0 Å². The summed E-state index contributed by atoms with van der Waals surface area (Å²) < 4.78 is 39.7. The molecule has 0 radical (unpaired) electrons. The Morgan fingerprint density at radius 1 is 1.27 bits per heavy atom. The molecule has 9 heteroatoms. The Morgan fingerprint density at radius 3 is 2.35 bits per heavy atom. The van der Waals surface area contributed by atoms with Crippen molar-refractivity contribution in [2.24, 2.45) is 5.92 Å². The zero-order valence-electron chi connectivity index (χ0n) is 14.9. The molecule has 0 aliphatic heterocycles. The van der Waals surface area contributed by atoms with Crippen molar-refractivity contribution in [3.63, 3.8) is 0 Å². The number of nitrogens with zero attached hydrogens (tertiary/aromatic N) is 1. The van der Waals surface area contributed by atoms with Crippen LogP contribution < -0.4 is 16.0 Å². The average Bonchev–Trinajstić information content (AvgIpc) is 2.51. The fourth-order valence-corrected chi connectivity index (χ4v) is 2.02. The van der Waals surface area contributed by atoms with Gasteiger partial charge in [0, 0.05) is 18.3 Å². The van der Waals surface area contributed by atoms with Crippen molar-refractivity contribution in [1.29, 1.82) is 5.26 Å². The molecule has 1 rings (SSSR count). The summed E-state index contributed by atoms with van der Waals surface area (Å²) in [6.45, 7) is 5.79. The Balaban J connectivity index is 2.94. The zero-order chi connectivity index (χ0) is 20.1. The maximum atomic E-state index is 13.2. The maximum absolute atomic E-state index is 13.2. The number of rotatable bonds is 6. The lowest BCUT2D eigenvalue weighted by atomic mass is 9.90. The van der Waals surface area contributed by atoms with Crippen LogP contribution in [-0.4, -0.2) is 23.9 Å². The van der Waals surface area contributed by atoms with E-state index in [0.29, 0.717) is 0 Å². The van der Waals surface area contributed by atoms with E-state index in [1.54, 1.807) is 20.8 Å². The van der Waals surface area contributed by atoms with E-state index >= 15 is 0 Å². The summed E-state index contributed by atoms with van der Waals surface area (Å²) in [6.07, 6.45) is -4.67. The third kappa shape index (κ3) is 5.65. The molecule has 142 valence electrons. The Bertz CT molecular complexity index is 726. The van der Waals surface area contributed by atoms with Crippen molar-refractivity contribution in [1.82, 2.24) is 5.32 Å². The van der Waals surface area contributed by atoms with E-state index in [-0.39, 0.29) is 17.3 Å². The molecule has 6 nitrogen and oxygen atoms in total. The lowest BCUT2D eigenvalue weighted by Gasteiger charge is -2.27. The van der Waals surface area contributed by atoms with Crippen molar-refractivity contribution in [3.8, 4) is 6.07 Å². The smallest absolute Gasteiger partial charge is 0.376 e. The van der Waals surface area contributed by atoms with Crippen LogP contribution in [0.15, 0.2) is 18.2 Å². The predicted molar refractivity (Wildman–Crippen MR) is 91.2 cm³/mol. The molecule has 0 saturated heterocycles. The van der Waals surface area contributed by atoms with Crippen LogP contribution in [0.5, 0.6) is 0 Å². The van der Waals surface area contributed by atoms with Gasteiger partial charge >= 0.3 is 6.18 Å². The lowest BCUT2D eigenvalue weighted by Crippen LogP contribution is -2.50. The molecule has 0 spiro atoms. The van der Waals surface area contributed by atoms with Crippen molar-refractivity contribution in [2.75, 3.05) is 17.2 Å². The molecule has 26 heavy (non-hydrogen) atoms. The minimum Gasteiger partial charge on any atom is -0.376 e. The van der Waals surface area contributed by atoms with Gasteiger partial charge in [0.1, 0.15) is 5.54 Å². The number of benzene rings is 1. The lowest BCUT2D eigenvalue weighted by molar-refractivity contribution is -0.137. The first-order valence-corrected chi connectivity index (χ1v) is 7.84. The summed E-state index contributed by atoms with van der Waals surface area (Å²) in [5.41, 5.74) is -2.44. The first-order chi connectivity index (χ1) is 11.9. The van der Waals surface area contributed by atoms with Crippen LogP contribution in [0, 0.1) is 17.2 Å². The van der Waals surface area contributed by atoms with Crippen molar-refractivity contribution >= 4 is 23.2 Å². The van der Waals surface area contributed by atoms with Crippen LogP contribution in [0.2, 0.25) is 0 Å². The van der Waals surface area contributed by atoms with Gasteiger partial charge in [0.15, 0.2) is 0 Å². The standard InChI is InChI=1S/C17H21F3N4O2/c1-10(2)16(4,9-21)24-15(26)8-22-14-6-5-12(23-11(3)25)7-13(14)17(18,19)20/h5-7,10,22H,8H2,1-4H3,(H,23,25)(H,24,26). The quantitative estimate of drug-likeness (QED) is 0.717. The number of hydrogen-bond acceptors (Lipinski definition) is 4. The van der Waals surface area contributed by atoms with Crippen LogP contribution >= 0.6 is 0 Å². The van der Waals surface area contributed by atoms with Crippen molar-refractivity contribution in [3.05, 3.63) is 23.8 Å². The van der Waals surface area contributed by atoms with Gasteiger partial charge in [-0.15, -0.1) is 0 Å². The Morgan fingerprint density at radius 2 is 1.88 bits per heavy atom. The number of hydrogen-bond donors (Lipinski definition) is 3. The van der Waals surface area contributed by atoms with Gasteiger partial charge in [-0.05, 0) is 31.0 Å². The summed E-state index contributed by atoms with van der Waals surface area (Å²) >= 11 is 0. The van der Waals surface area contributed by atoms with Crippen molar-refractivity contribution in [2.45, 2.75) is 39.4 Å². The third-order valence-corrected chi connectivity index (χ3v) is 3.87. The molecule has 0 heterocycles. The average molecular weight is 370 g/mol. The van der Waals surface area contributed by atoms with Gasteiger partial charge in [0.05, 0.1) is 18.2 Å². The number of halogens is 3. The van der Waals surface area contributed by atoms with Gasteiger partial charge in [-0.3, -0.25) is 9.59 Å². The molecule has 0 bridgehead atoms. The first kappa shape index (κ1) is 21.3. The molecule has 0 fully saturated rings. The van der Waals surface area contributed by atoms with Gasteiger partial charge in [0.2, 0.25) is 11.8 Å². The summed E-state index contributed by atoms with van der Waals surface area (Å²) in [5, 5.41) is 16.4. The van der Waals surface area contributed by atoms with Crippen molar-refractivity contribution < 1.29 is 22.8 Å². The minimum atomic E-state index is -4.67. The molecule has 0 aliphatic rings. The van der Waals surface area contributed by atoms with E-state index in [1.165, 1.54) is 13.0 Å². The number of carbonyl (C=O) groups excluding carboxylic acids is 2. The molecule has 3 N–H and O–H groups in total. The minimum absolute atomic E-state index is 0.00306. The predicted octanol–water partition coefficient (Wildman–Crippen LogP) is 3.13. The van der Waals surface area contributed by atoms with Crippen LogP contribution in [-0.2, 0) is 15.8 Å². The maximum Gasteiger partial charge on any atom is 0.418 e. The zero-order valence-corrected chi connectivity index (χ0v) is 14.9. The Labute approximate surface area is 149 Å². The van der Waals surface area contributed by atoms with E-state index in [1.807, 2.05) is 6.07 Å². The van der Waals surface area contributed by atoms with E-state index in [4.69, 9.17) is 0 Å². The van der Waals surface area contributed by atoms with E-state index in [9.17, 15) is 28.0 Å². The van der Waals surface area contributed by atoms with E-state index in [2.05, 4.69) is 16.0 Å². The summed E-state index contributed by atoms with van der Waals surface area (Å²) in [6, 6.07) is 5.20. The highest BCUT2D eigenvalue weighted by atomic mass is 19.4. The molecule has 1 unspecified atom stereocenters. The largest absolute Gasteiger partial charge is 0.418 e. The topological polar surface area (TPSA) is 94.0 Å². The van der Waals surface area contributed by atoms with Gasteiger partial charge < -0.3 is 16.0 Å². The highest BCUT2D eigenvalue weighted by Gasteiger charge is 2.34. The monoisotopic (exact) mass is 370 g/mol. The van der Waals surface area contributed by atoms with Crippen LogP contribution in [0.3, 0.4) is 0 Å². The summed E-state index contributed by atoms with van der Waals surface area (Å²) in [4.78, 5) is 23.0. The van der Waals surface area contributed by atoms with Gasteiger partial charge in [-0.1, -0.05) is 13.8 Å². The number of alkyl halides is 3. The summed E-state index contributed by atoms with van der Waals surface area (Å²) in [7, 11) is 0. The van der Waals surface area contributed by atoms with Gasteiger partial charge in [-0.2, -0.15) is 18.4 Å². The number of nitriles is 1.